The number of pyridine rings is 1. The molecule has 0 aliphatic rings. The predicted molar refractivity (Wildman–Crippen MR) is 84.6 cm³/mol. The SMILES string of the molecule is Cc1c(NC(C)c2ccccn2)cnn1-c1ccccc1. The fraction of sp³-hybridized carbons (Fsp3) is 0.176. The number of hydrogen-bond acceptors (Lipinski definition) is 3. The highest BCUT2D eigenvalue weighted by atomic mass is 15.3. The van der Waals surface area contributed by atoms with E-state index < -0.39 is 0 Å². The Hall–Kier alpha value is -2.62. The van der Waals surface area contributed by atoms with Gasteiger partial charge in [0, 0.05) is 6.20 Å². The summed E-state index contributed by atoms with van der Waals surface area (Å²) in [5.74, 6) is 0. The number of anilines is 1. The Morgan fingerprint density at radius 2 is 1.81 bits per heavy atom. The summed E-state index contributed by atoms with van der Waals surface area (Å²) in [6.45, 7) is 4.16. The van der Waals surface area contributed by atoms with E-state index in [1.165, 1.54) is 0 Å². The van der Waals surface area contributed by atoms with Crippen LogP contribution in [-0.2, 0) is 0 Å². The van der Waals surface area contributed by atoms with Crippen LogP contribution in [0.3, 0.4) is 0 Å². The Kier molecular flexibility index (Phi) is 3.69. The van der Waals surface area contributed by atoms with Crippen LogP contribution in [0.1, 0.15) is 24.4 Å². The highest BCUT2D eigenvalue weighted by Crippen LogP contribution is 2.22. The zero-order valence-electron chi connectivity index (χ0n) is 12.2. The minimum atomic E-state index is 0.137. The summed E-state index contributed by atoms with van der Waals surface area (Å²) in [5, 5.41) is 7.94. The van der Waals surface area contributed by atoms with Gasteiger partial charge in [0.25, 0.3) is 0 Å². The van der Waals surface area contributed by atoms with Crippen LogP contribution < -0.4 is 5.32 Å². The van der Waals surface area contributed by atoms with Crippen molar-refractivity contribution >= 4 is 5.69 Å². The standard InChI is InChI=1S/C17H18N4/c1-13(16-10-6-7-11-18-16)20-17-12-19-21(14(17)2)15-8-4-3-5-9-15/h3-13,20H,1-2H3. The molecule has 0 fully saturated rings. The van der Waals surface area contributed by atoms with E-state index in [1.54, 1.807) is 0 Å². The summed E-state index contributed by atoms with van der Waals surface area (Å²) in [5.41, 5.74) is 4.19. The molecule has 21 heavy (non-hydrogen) atoms. The second-order valence-corrected chi connectivity index (χ2v) is 5.01. The van der Waals surface area contributed by atoms with Gasteiger partial charge >= 0.3 is 0 Å². The molecule has 0 amide bonds. The first kappa shape index (κ1) is 13.4. The van der Waals surface area contributed by atoms with Gasteiger partial charge in [0.1, 0.15) is 0 Å². The Labute approximate surface area is 124 Å². The van der Waals surface area contributed by atoms with E-state index >= 15 is 0 Å². The van der Waals surface area contributed by atoms with Crippen LogP contribution >= 0.6 is 0 Å². The maximum absolute atomic E-state index is 4.47. The second kappa shape index (κ2) is 5.79. The first-order chi connectivity index (χ1) is 10.3. The molecular weight excluding hydrogens is 260 g/mol. The van der Waals surface area contributed by atoms with Crippen LogP contribution in [0.25, 0.3) is 5.69 Å². The molecule has 1 unspecified atom stereocenters. The number of para-hydroxylation sites is 1. The molecule has 0 aliphatic carbocycles. The van der Waals surface area contributed by atoms with Gasteiger partial charge in [-0.1, -0.05) is 24.3 Å². The first-order valence-corrected chi connectivity index (χ1v) is 7.03. The molecule has 0 saturated heterocycles. The van der Waals surface area contributed by atoms with E-state index in [9.17, 15) is 0 Å². The highest BCUT2D eigenvalue weighted by molar-refractivity contribution is 5.50. The summed E-state index contributed by atoms with van der Waals surface area (Å²) in [7, 11) is 0. The number of aromatic nitrogens is 3. The van der Waals surface area contributed by atoms with Crippen molar-refractivity contribution in [3.8, 4) is 5.69 Å². The van der Waals surface area contributed by atoms with Crippen molar-refractivity contribution in [3.63, 3.8) is 0 Å². The molecule has 4 heteroatoms. The fourth-order valence-corrected chi connectivity index (χ4v) is 2.32. The van der Waals surface area contributed by atoms with Gasteiger partial charge in [0.15, 0.2) is 0 Å². The molecule has 2 heterocycles. The molecule has 3 rings (SSSR count). The summed E-state index contributed by atoms with van der Waals surface area (Å²) in [6.07, 6.45) is 3.68. The van der Waals surface area contributed by atoms with Gasteiger partial charge in [-0.3, -0.25) is 4.98 Å². The van der Waals surface area contributed by atoms with Crippen molar-refractivity contribution in [2.45, 2.75) is 19.9 Å². The van der Waals surface area contributed by atoms with Crippen LogP contribution in [0.4, 0.5) is 5.69 Å². The third kappa shape index (κ3) is 2.79. The zero-order valence-corrected chi connectivity index (χ0v) is 12.2. The Bertz CT molecular complexity index is 704. The number of rotatable bonds is 4. The van der Waals surface area contributed by atoms with E-state index in [1.807, 2.05) is 65.6 Å². The van der Waals surface area contributed by atoms with E-state index in [0.717, 1.165) is 22.8 Å². The molecule has 0 radical (unpaired) electrons. The third-order valence-corrected chi connectivity index (χ3v) is 3.51. The van der Waals surface area contributed by atoms with Gasteiger partial charge in [-0.15, -0.1) is 0 Å². The van der Waals surface area contributed by atoms with Gasteiger partial charge in [-0.25, -0.2) is 4.68 Å². The predicted octanol–water partition coefficient (Wildman–Crippen LogP) is 3.75. The largest absolute Gasteiger partial charge is 0.374 e. The van der Waals surface area contributed by atoms with Gasteiger partial charge in [-0.05, 0) is 38.1 Å². The molecule has 0 spiro atoms. The van der Waals surface area contributed by atoms with Crippen molar-refractivity contribution in [2.75, 3.05) is 5.32 Å². The number of hydrogen-bond donors (Lipinski definition) is 1. The molecule has 0 aliphatic heterocycles. The Morgan fingerprint density at radius 1 is 1.05 bits per heavy atom. The van der Waals surface area contributed by atoms with Gasteiger partial charge in [0.05, 0.1) is 35.0 Å². The average Bonchev–Trinajstić information content (AvgIpc) is 2.90. The molecule has 0 saturated carbocycles. The van der Waals surface area contributed by atoms with Crippen molar-refractivity contribution in [1.82, 2.24) is 14.8 Å². The fourth-order valence-electron chi connectivity index (χ4n) is 2.32. The van der Waals surface area contributed by atoms with E-state index in [2.05, 4.69) is 29.2 Å². The van der Waals surface area contributed by atoms with Gasteiger partial charge in [-0.2, -0.15) is 5.10 Å². The maximum Gasteiger partial charge on any atom is 0.0766 e. The van der Waals surface area contributed by atoms with Crippen LogP contribution in [-0.4, -0.2) is 14.8 Å². The quantitative estimate of drug-likeness (QED) is 0.790. The molecule has 1 aromatic carbocycles. The van der Waals surface area contributed by atoms with Gasteiger partial charge in [0.2, 0.25) is 0 Å². The minimum absolute atomic E-state index is 0.137. The van der Waals surface area contributed by atoms with Crippen LogP contribution in [0.2, 0.25) is 0 Å². The Morgan fingerprint density at radius 3 is 2.52 bits per heavy atom. The van der Waals surface area contributed by atoms with E-state index in [-0.39, 0.29) is 6.04 Å². The molecule has 1 N–H and O–H groups in total. The first-order valence-electron chi connectivity index (χ1n) is 7.03. The van der Waals surface area contributed by atoms with E-state index in [4.69, 9.17) is 0 Å². The maximum atomic E-state index is 4.47. The molecule has 0 bridgehead atoms. The summed E-state index contributed by atoms with van der Waals surface area (Å²) < 4.78 is 1.94. The van der Waals surface area contributed by atoms with Crippen molar-refractivity contribution < 1.29 is 0 Å². The number of nitrogens with one attached hydrogen (secondary N) is 1. The average molecular weight is 278 g/mol. The molecule has 106 valence electrons. The lowest BCUT2D eigenvalue weighted by Gasteiger charge is -2.14. The third-order valence-electron chi connectivity index (χ3n) is 3.51. The minimum Gasteiger partial charge on any atom is -0.374 e. The molecule has 4 nitrogen and oxygen atoms in total. The molecule has 2 aromatic heterocycles. The number of nitrogens with zero attached hydrogens (tertiary/aromatic N) is 3. The monoisotopic (exact) mass is 278 g/mol. The normalized spacial score (nSPS) is 12.1. The molecule has 1 atom stereocenters. The summed E-state index contributed by atoms with van der Waals surface area (Å²) >= 11 is 0. The Balaban J connectivity index is 1.83. The topological polar surface area (TPSA) is 42.7 Å². The van der Waals surface area contributed by atoms with Crippen LogP contribution in [0, 0.1) is 6.92 Å². The van der Waals surface area contributed by atoms with Crippen molar-refractivity contribution in [2.24, 2.45) is 0 Å². The lowest BCUT2D eigenvalue weighted by Crippen LogP contribution is -2.09. The van der Waals surface area contributed by atoms with Gasteiger partial charge < -0.3 is 5.32 Å². The lowest BCUT2D eigenvalue weighted by molar-refractivity contribution is 0.830. The second-order valence-electron chi connectivity index (χ2n) is 5.01. The number of benzene rings is 1. The highest BCUT2D eigenvalue weighted by Gasteiger charge is 2.12. The smallest absolute Gasteiger partial charge is 0.0766 e. The summed E-state index contributed by atoms with van der Waals surface area (Å²) in [6, 6.07) is 16.2. The zero-order chi connectivity index (χ0) is 14.7. The van der Waals surface area contributed by atoms with E-state index in [0.29, 0.717) is 0 Å². The summed E-state index contributed by atoms with van der Waals surface area (Å²) in [4.78, 5) is 4.38. The lowest BCUT2D eigenvalue weighted by atomic mass is 10.2. The van der Waals surface area contributed by atoms with Crippen molar-refractivity contribution in [1.29, 1.82) is 0 Å². The molecular formula is C17H18N4. The van der Waals surface area contributed by atoms with Crippen LogP contribution in [0.5, 0.6) is 0 Å². The van der Waals surface area contributed by atoms with Crippen molar-refractivity contribution in [3.05, 3.63) is 72.3 Å². The van der Waals surface area contributed by atoms with Crippen LogP contribution in [0.15, 0.2) is 60.9 Å². The molecule has 3 aromatic rings.